The van der Waals surface area contributed by atoms with Crippen molar-refractivity contribution in [3.05, 3.63) is 81.8 Å². The summed E-state index contributed by atoms with van der Waals surface area (Å²) < 4.78 is 6.03. The first-order valence-corrected chi connectivity index (χ1v) is 14.1. The van der Waals surface area contributed by atoms with Crippen molar-refractivity contribution in [2.24, 2.45) is 5.73 Å². The largest absolute Gasteiger partial charge is 0.478 e. The first-order chi connectivity index (χ1) is 20.7. The summed E-state index contributed by atoms with van der Waals surface area (Å²) in [4.78, 5) is 33.8. The molecule has 1 atom stereocenters. The Bertz CT molecular complexity index is 1600. The van der Waals surface area contributed by atoms with Crippen molar-refractivity contribution in [1.29, 1.82) is 0 Å². The Morgan fingerprint density at radius 2 is 1.84 bits per heavy atom. The van der Waals surface area contributed by atoms with E-state index in [9.17, 15) is 14.7 Å². The van der Waals surface area contributed by atoms with E-state index in [1.54, 1.807) is 55.5 Å². The van der Waals surface area contributed by atoms with E-state index in [2.05, 4.69) is 31.2 Å². The topological polar surface area (TPSA) is 188 Å². The summed E-state index contributed by atoms with van der Waals surface area (Å²) in [6.07, 6.45) is 0.270. The Balaban J connectivity index is 1.70. The average molecular weight is 629 g/mol. The molecule has 0 aliphatic heterocycles. The lowest BCUT2D eigenvalue weighted by atomic mass is 10.1. The lowest BCUT2D eigenvalue weighted by Gasteiger charge is -2.22. The molecule has 43 heavy (non-hydrogen) atoms. The number of carbonyl (C=O) groups is 2. The average Bonchev–Trinajstić information content (AvgIpc) is 3.45. The predicted octanol–water partition coefficient (Wildman–Crippen LogP) is 4.64. The molecule has 0 saturated heterocycles. The number of aromatic carboxylic acids is 1. The van der Waals surface area contributed by atoms with Crippen LogP contribution >= 0.6 is 23.2 Å². The number of carboxylic acid groups (broad SMARTS) is 1. The highest BCUT2D eigenvalue weighted by molar-refractivity contribution is 6.35. The van der Waals surface area contributed by atoms with Gasteiger partial charge in [0.1, 0.15) is 29.1 Å². The second-order valence-electron chi connectivity index (χ2n) is 9.35. The van der Waals surface area contributed by atoms with Gasteiger partial charge in [-0.25, -0.2) is 14.8 Å². The number of carboxylic acids is 1. The number of aliphatic hydroxyl groups is 1. The number of nitrogens with one attached hydrogen (secondary N) is 4. The fourth-order valence-corrected chi connectivity index (χ4v) is 4.61. The number of amides is 1. The van der Waals surface area contributed by atoms with Crippen molar-refractivity contribution in [2.75, 3.05) is 35.6 Å². The molecule has 0 saturated carbocycles. The van der Waals surface area contributed by atoms with Crippen LogP contribution in [0, 0.1) is 6.92 Å². The standard InChI is InChI=1S/C29H31Cl2N7O5/c1-16-35-26(37-22-5-3-2-4-19(22)29(41)42)25(27(36-16)38-23(10-11-32)28(40)33-12-13-39)34-15-18-7-9-24(43-18)20-14-17(30)6-8-21(20)31/h2-9,14,23,34,39H,10-13,15,32H2,1H3,(H,33,40)(H,41,42)(H2,35,36,37,38). The second kappa shape index (κ2) is 14.7. The van der Waals surface area contributed by atoms with Crippen LogP contribution in [0.1, 0.15) is 28.4 Å². The van der Waals surface area contributed by atoms with Crippen molar-refractivity contribution in [1.82, 2.24) is 15.3 Å². The van der Waals surface area contributed by atoms with Gasteiger partial charge in [-0.3, -0.25) is 4.79 Å². The minimum Gasteiger partial charge on any atom is -0.478 e. The number of para-hydroxylation sites is 1. The van der Waals surface area contributed by atoms with Crippen molar-refractivity contribution in [2.45, 2.75) is 25.9 Å². The maximum absolute atomic E-state index is 12.8. The normalized spacial score (nSPS) is 11.6. The monoisotopic (exact) mass is 627 g/mol. The van der Waals surface area contributed by atoms with Crippen LogP contribution in [0.2, 0.25) is 10.0 Å². The van der Waals surface area contributed by atoms with Gasteiger partial charge in [0.15, 0.2) is 11.6 Å². The van der Waals surface area contributed by atoms with Crippen LogP contribution in [0.4, 0.5) is 23.0 Å². The maximum Gasteiger partial charge on any atom is 0.337 e. The number of aliphatic hydroxyl groups excluding tert-OH is 1. The molecule has 0 radical (unpaired) electrons. The van der Waals surface area contributed by atoms with Gasteiger partial charge in [-0.2, -0.15) is 0 Å². The molecular formula is C29H31Cl2N7O5. The fraction of sp³-hybridized carbons (Fsp3) is 0.241. The van der Waals surface area contributed by atoms with E-state index in [1.807, 2.05) is 0 Å². The van der Waals surface area contributed by atoms with Gasteiger partial charge in [0.2, 0.25) is 5.91 Å². The molecule has 0 spiro atoms. The van der Waals surface area contributed by atoms with Gasteiger partial charge < -0.3 is 41.6 Å². The summed E-state index contributed by atoms with van der Waals surface area (Å²) in [7, 11) is 0. The number of rotatable bonds is 14. The highest BCUT2D eigenvalue weighted by Gasteiger charge is 2.23. The molecule has 0 fully saturated rings. The number of nitrogens with two attached hydrogens (primary N) is 1. The number of carbonyl (C=O) groups excluding carboxylic acids is 1. The number of aromatic nitrogens is 2. The maximum atomic E-state index is 12.8. The van der Waals surface area contributed by atoms with Crippen LogP contribution in [-0.4, -0.2) is 57.8 Å². The number of benzene rings is 2. The van der Waals surface area contributed by atoms with Crippen LogP contribution < -0.4 is 27.0 Å². The SMILES string of the molecule is Cc1nc(Nc2ccccc2C(=O)O)c(NCc2ccc(-c3cc(Cl)ccc3Cl)o2)c(NC(CCN)C(=O)NCCO)n1. The first kappa shape index (κ1) is 31.6. The van der Waals surface area contributed by atoms with E-state index in [-0.39, 0.29) is 55.8 Å². The van der Waals surface area contributed by atoms with Gasteiger partial charge in [0.05, 0.1) is 29.4 Å². The Kier molecular flexibility index (Phi) is 10.8. The Labute approximate surface area is 257 Å². The number of aryl methyl sites for hydroxylation is 1. The van der Waals surface area contributed by atoms with Crippen molar-refractivity contribution in [3.8, 4) is 11.3 Å². The first-order valence-electron chi connectivity index (χ1n) is 13.3. The third kappa shape index (κ3) is 8.14. The molecule has 2 heterocycles. The van der Waals surface area contributed by atoms with Gasteiger partial charge in [0.25, 0.3) is 0 Å². The highest BCUT2D eigenvalue weighted by Crippen LogP contribution is 2.34. The van der Waals surface area contributed by atoms with Gasteiger partial charge in [-0.15, -0.1) is 0 Å². The zero-order valence-corrected chi connectivity index (χ0v) is 24.7. The predicted molar refractivity (Wildman–Crippen MR) is 166 cm³/mol. The minimum atomic E-state index is -1.12. The summed E-state index contributed by atoms with van der Waals surface area (Å²) in [5.41, 5.74) is 7.11. The molecule has 0 aliphatic carbocycles. The molecule has 4 aromatic rings. The lowest BCUT2D eigenvalue weighted by Crippen LogP contribution is -2.42. The van der Waals surface area contributed by atoms with Crippen LogP contribution in [0.5, 0.6) is 0 Å². The molecule has 2 aromatic carbocycles. The quantitative estimate of drug-likeness (QED) is 0.103. The number of halogens is 2. The van der Waals surface area contributed by atoms with E-state index in [4.69, 9.17) is 38.5 Å². The van der Waals surface area contributed by atoms with Gasteiger partial charge >= 0.3 is 5.97 Å². The minimum absolute atomic E-state index is 0.0395. The molecular weight excluding hydrogens is 597 g/mol. The number of hydrogen-bond donors (Lipinski definition) is 7. The van der Waals surface area contributed by atoms with Crippen LogP contribution in [0.25, 0.3) is 11.3 Å². The lowest BCUT2D eigenvalue weighted by molar-refractivity contribution is -0.122. The molecule has 14 heteroatoms. The second-order valence-corrected chi connectivity index (χ2v) is 10.2. The van der Waals surface area contributed by atoms with E-state index < -0.39 is 12.0 Å². The molecule has 2 aromatic heterocycles. The van der Waals surface area contributed by atoms with Gasteiger partial charge in [-0.05, 0) is 62.4 Å². The third-order valence-electron chi connectivity index (χ3n) is 6.22. The molecule has 0 aliphatic rings. The van der Waals surface area contributed by atoms with Crippen LogP contribution in [0.3, 0.4) is 0 Å². The summed E-state index contributed by atoms with van der Waals surface area (Å²) >= 11 is 12.5. The van der Waals surface area contributed by atoms with E-state index >= 15 is 0 Å². The molecule has 8 N–H and O–H groups in total. The number of hydrogen-bond acceptors (Lipinski definition) is 10. The smallest absolute Gasteiger partial charge is 0.337 e. The van der Waals surface area contributed by atoms with Crippen molar-refractivity contribution < 1.29 is 24.2 Å². The van der Waals surface area contributed by atoms with Crippen molar-refractivity contribution in [3.63, 3.8) is 0 Å². The Morgan fingerprint density at radius 3 is 2.58 bits per heavy atom. The molecule has 226 valence electrons. The van der Waals surface area contributed by atoms with Crippen LogP contribution in [-0.2, 0) is 11.3 Å². The Hall–Kier alpha value is -4.36. The number of furan rings is 1. The van der Waals surface area contributed by atoms with Gasteiger partial charge in [0, 0.05) is 17.1 Å². The van der Waals surface area contributed by atoms with Crippen LogP contribution in [0.15, 0.2) is 59.0 Å². The van der Waals surface area contributed by atoms with E-state index in [0.29, 0.717) is 44.3 Å². The fourth-order valence-electron chi connectivity index (χ4n) is 4.22. The summed E-state index contributed by atoms with van der Waals surface area (Å²) in [5, 5.41) is 32.0. The summed E-state index contributed by atoms with van der Waals surface area (Å²) in [6, 6.07) is 14.2. The molecule has 1 unspecified atom stereocenters. The van der Waals surface area contributed by atoms with E-state index in [1.165, 1.54) is 6.07 Å². The number of nitrogens with zero attached hydrogens (tertiary/aromatic N) is 2. The molecule has 0 bridgehead atoms. The summed E-state index contributed by atoms with van der Waals surface area (Å²) in [6.45, 7) is 1.89. The molecule has 12 nitrogen and oxygen atoms in total. The van der Waals surface area contributed by atoms with Gasteiger partial charge in [-0.1, -0.05) is 35.3 Å². The molecule has 4 rings (SSSR count). The third-order valence-corrected chi connectivity index (χ3v) is 6.78. The zero-order chi connectivity index (χ0) is 30.9. The summed E-state index contributed by atoms with van der Waals surface area (Å²) in [5.74, 6) is 0.436. The van der Waals surface area contributed by atoms with E-state index in [0.717, 1.165) is 0 Å². The molecule has 1 amide bonds. The Morgan fingerprint density at radius 1 is 1.07 bits per heavy atom. The van der Waals surface area contributed by atoms with Crippen molar-refractivity contribution >= 4 is 58.1 Å². The zero-order valence-electron chi connectivity index (χ0n) is 23.2. The number of anilines is 4. The highest BCUT2D eigenvalue weighted by atomic mass is 35.5.